The van der Waals surface area contributed by atoms with Gasteiger partial charge in [0.1, 0.15) is 6.10 Å². The average molecular weight is 724 g/mol. The second-order valence-electron chi connectivity index (χ2n) is 16.3. The Morgan fingerprint density at radius 2 is 0.667 bits per heavy atom. The molecule has 0 heterocycles. The third kappa shape index (κ3) is 37.5. The average Bonchev–Trinajstić information content (AvgIpc) is 3.13. The predicted octanol–water partition coefficient (Wildman–Crippen LogP) is 13.4. The van der Waals surface area contributed by atoms with Crippen LogP contribution >= 0.6 is 0 Å². The van der Waals surface area contributed by atoms with Crippen LogP contribution in [0.3, 0.4) is 0 Å². The van der Waals surface area contributed by atoms with Gasteiger partial charge in [-0.25, -0.2) is 0 Å². The molecule has 0 saturated carbocycles. The van der Waals surface area contributed by atoms with Crippen molar-refractivity contribution in [2.75, 3.05) is 6.61 Å². The maximum absolute atomic E-state index is 12.4. The van der Waals surface area contributed by atoms with Crippen molar-refractivity contribution in [1.29, 1.82) is 0 Å². The van der Waals surface area contributed by atoms with Crippen molar-refractivity contribution >= 4 is 5.91 Å². The lowest BCUT2D eigenvalue weighted by Gasteiger charge is -2.26. The molecule has 3 atom stereocenters. The van der Waals surface area contributed by atoms with Crippen molar-refractivity contribution in [3.8, 4) is 0 Å². The topological polar surface area (TPSA) is 89.8 Å². The van der Waals surface area contributed by atoms with E-state index in [1.54, 1.807) is 0 Å². The molecule has 0 radical (unpaired) electrons. The van der Waals surface area contributed by atoms with Gasteiger partial charge < -0.3 is 20.6 Å². The molecule has 5 heteroatoms. The maximum atomic E-state index is 12.4. The van der Waals surface area contributed by atoms with Gasteiger partial charge in [-0.15, -0.1) is 0 Å². The van der Waals surface area contributed by atoms with Crippen LogP contribution in [-0.4, -0.2) is 46.1 Å². The highest BCUT2D eigenvalue weighted by molar-refractivity contribution is 5.76. The molecule has 5 nitrogen and oxygen atoms in total. The van der Waals surface area contributed by atoms with Crippen molar-refractivity contribution < 1.29 is 20.1 Å². The Morgan fingerprint density at radius 1 is 0.412 bits per heavy atom. The molecule has 0 spiro atoms. The fraction of sp³-hybridized carbons (Fsp3) is 0.978. The minimum Gasteiger partial charge on any atom is -0.394 e. The quantitative estimate of drug-likeness (QED) is 0.0472. The minimum atomic E-state index is -1.13. The monoisotopic (exact) mass is 724 g/mol. The third-order valence-corrected chi connectivity index (χ3v) is 11.2. The van der Waals surface area contributed by atoms with Gasteiger partial charge in [-0.05, 0) is 12.8 Å². The molecule has 0 bridgehead atoms. The van der Waals surface area contributed by atoms with Crippen molar-refractivity contribution in [3.63, 3.8) is 0 Å². The zero-order chi connectivity index (χ0) is 37.3. The summed E-state index contributed by atoms with van der Waals surface area (Å²) in [5, 5.41) is 33.6. The first-order chi connectivity index (χ1) is 25.1. The number of hydrogen-bond donors (Lipinski definition) is 4. The third-order valence-electron chi connectivity index (χ3n) is 11.2. The summed E-state index contributed by atoms with van der Waals surface area (Å²) in [6.07, 6.45) is 47.9. The molecule has 1 amide bonds. The van der Waals surface area contributed by atoms with E-state index in [1.165, 1.54) is 205 Å². The fourth-order valence-corrected chi connectivity index (χ4v) is 7.58. The van der Waals surface area contributed by atoms with Gasteiger partial charge in [0.15, 0.2) is 0 Å². The number of aliphatic hydroxyl groups is 3. The summed E-state index contributed by atoms with van der Waals surface area (Å²) in [6, 6.07) is -0.802. The molecule has 0 aliphatic carbocycles. The highest BCUT2D eigenvalue weighted by Crippen LogP contribution is 2.17. The molecule has 0 aliphatic rings. The lowest BCUT2D eigenvalue weighted by atomic mass is 9.99. The van der Waals surface area contributed by atoms with Crippen LogP contribution < -0.4 is 5.32 Å². The molecule has 0 saturated heterocycles. The van der Waals surface area contributed by atoms with E-state index in [4.69, 9.17) is 0 Å². The van der Waals surface area contributed by atoms with E-state index in [9.17, 15) is 20.1 Å². The van der Waals surface area contributed by atoms with Gasteiger partial charge in [-0.2, -0.15) is 0 Å². The number of hydrogen-bond acceptors (Lipinski definition) is 4. The molecule has 0 aromatic heterocycles. The van der Waals surface area contributed by atoms with Gasteiger partial charge >= 0.3 is 0 Å². The molecule has 3 unspecified atom stereocenters. The van der Waals surface area contributed by atoms with Crippen molar-refractivity contribution in [1.82, 2.24) is 5.32 Å². The summed E-state index contributed by atoms with van der Waals surface area (Å²) in [6.45, 7) is 4.20. The molecular weight excluding hydrogens is 631 g/mol. The van der Waals surface area contributed by atoms with E-state index in [2.05, 4.69) is 19.2 Å². The minimum absolute atomic E-state index is 0.138. The second-order valence-corrected chi connectivity index (χ2v) is 16.3. The summed E-state index contributed by atoms with van der Waals surface area (Å²) < 4.78 is 0. The van der Waals surface area contributed by atoms with Gasteiger partial charge in [0.25, 0.3) is 0 Å². The van der Waals surface area contributed by atoms with Crippen LogP contribution in [0.5, 0.6) is 0 Å². The highest BCUT2D eigenvalue weighted by Gasteiger charge is 2.26. The molecule has 0 aliphatic heterocycles. The first-order valence-electron chi connectivity index (χ1n) is 23.3. The Balaban J connectivity index is 3.54. The van der Waals surface area contributed by atoms with Crippen LogP contribution in [0.1, 0.15) is 264 Å². The van der Waals surface area contributed by atoms with Gasteiger partial charge in [-0.3, -0.25) is 4.79 Å². The van der Waals surface area contributed by atoms with Crippen LogP contribution in [0, 0.1) is 0 Å². The first kappa shape index (κ1) is 50.4. The van der Waals surface area contributed by atoms with E-state index in [0.29, 0.717) is 12.8 Å². The lowest BCUT2D eigenvalue weighted by molar-refractivity contribution is -0.124. The predicted molar refractivity (Wildman–Crippen MR) is 222 cm³/mol. The molecular formula is C46H93NO4. The number of amides is 1. The fourth-order valence-electron chi connectivity index (χ4n) is 7.58. The van der Waals surface area contributed by atoms with Gasteiger partial charge in [0.05, 0.1) is 18.8 Å². The molecule has 0 aromatic rings. The Kier molecular flexibility index (Phi) is 41.6. The van der Waals surface area contributed by atoms with Crippen molar-refractivity contribution in [3.05, 3.63) is 0 Å². The molecule has 0 fully saturated rings. The Hall–Kier alpha value is -0.650. The summed E-state index contributed by atoms with van der Waals surface area (Å²) >= 11 is 0. The number of nitrogens with one attached hydrogen (secondary N) is 1. The van der Waals surface area contributed by atoms with Crippen LogP contribution in [0.25, 0.3) is 0 Å². The number of carbonyl (C=O) groups excluding carboxylic acids is 1. The smallest absolute Gasteiger partial charge is 0.220 e. The SMILES string of the molecule is CCCCCCCCCCCCCCCCCCCCCCCCC(=O)NC(CO)C(O)C(O)CCCCCCCCCCCCCCCCC. The molecule has 306 valence electrons. The van der Waals surface area contributed by atoms with E-state index < -0.39 is 18.2 Å². The Bertz CT molecular complexity index is 674. The summed E-state index contributed by atoms with van der Waals surface area (Å²) in [4.78, 5) is 12.4. The Labute approximate surface area is 319 Å². The van der Waals surface area contributed by atoms with Crippen LogP contribution in [0.2, 0.25) is 0 Å². The van der Waals surface area contributed by atoms with Gasteiger partial charge in [0, 0.05) is 6.42 Å². The molecule has 51 heavy (non-hydrogen) atoms. The summed E-state index contributed by atoms with van der Waals surface area (Å²) in [5.41, 5.74) is 0. The van der Waals surface area contributed by atoms with E-state index in [0.717, 1.165) is 32.1 Å². The Morgan fingerprint density at radius 3 is 0.941 bits per heavy atom. The highest BCUT2D eigenvalue weighted by atomic mass is 16.3. The zero-order valence-corrected chi connectivity index (χ0v) is 34.8. The van der Waals surface area contributed by atoms with Crippen LogP contribution in [0.15, 0.2) is 0 Å². The van der Waals surface area contributed by atoms with Crippen molar-refractivity contribution in [2.24, 2.45) is 0 Å². The first-order valence-corrected chi connectivity index (χ1v) is 23.3. The standard InChI is InChI=1S/C46H93NO4/c1-3-5-7-9-11-13-15-17-19-20-21-22-23-24-25-27-29-31-33-35-37-39-41-45(50)47-43(42-48)46(51)44(49)40-38-36-34-32-30-28-26-18-16-14-12-10-8-6-4-2/h43-44,46,48-49,51H,3-42H2,1-2H3,(H,47,50). The number of unbranched alkanes of at least 4 members (excludes halogenated alkanes) is 35. The molecule has 0 aromatic carbocycles. The van der Waals surface area contributed by atoms with Gasteiger partial charge in [0.2, 0.25) is 5.91 Å². The molecule has 0 rings (SSSR count). The second kappa shape index (κ2) is 42.1. The maximum Gasteiger partial charge on any atom is 0.220 e. The lowest BCUT2D eigenvalue weighted by Crippen LogP contribution is -2.50. The summed E-state index contributed by atoms with van der Waals surface area (Å²) in [5.74, 6) is -0.138. The number of rotatable bonds is 43. The molecule has 4 N–H and O–H groups in total. The van der Waals surface area contributed by atoms with Crippen molar-refractivity contribution in [2.45, 2.75) is 283 Å². The summed E-state index contributed by atoms with van der Waals surface area (Å²) in [7, 11) is 0. The zero-order valence-electron chi connectivity index (χ0n) is 34.8. The normalized spacial score (nSPS) is 13.4. The van der Waals surface area contributed by atoms with E-state index in [-0.39, 0.29) is 12.5 Å². The van der Waals surface area contributed by atoms with E-state index >= 15 is 0 Å². The van der Waals surface area contributed by atoms with Crippen LogP contribution in [0.4, 0.5) is 0 Å². The van der Waals surface area contributed by atoms with Gasteiger partial charge in [-0.1, -0.05) is 245 Å². The number of aliphatic hydroxyl groups excluding tert-OH is 3. The van der Waals surface area contributed by atoms with Crippen LogP contribution in [-0.2, 0) is 4.79 Å². The van der Waals surface area contributed by atoms with E-state index in [1.807, 2.05) is 0 Å². The largest absolute Gasteiger partial charge is 0.394 e. The number of carbonyl (C=O) groups is 1.